The summed E-state index contributed by atoms with van der Waals surface area (Å²) in [6.45, 7) is 0. The number of benzene rings is 1. The number of hydrogen-bond acceptors (Lipinski definition) is 8. The highest BCUT2D eigenvalue weighted by Gasteiger charge is 2.40. The van der Waals surface area contributed by atoms with Crippen molar-refractivity contribution in [1.82, 2.24) is 25.2 Å². The number of carboxylic acids is 1. The van der Waals surface area contributed by atoms with Crippen molar-refractivity contribution >= 4 is 29.1 Å². The van der Waals surface area contributed by atoms with Gasteiger partial charge in [-0.3, -0.25) is 0 Å². The molecule has 0 saturated heterocycles. The average molecular weight is 403 g/mol. The number of alkyl halides is 3. The maximum Gasteiger partial charge on any atom is 0.435 e. The predicted octanol–water partition coefficient (Wildman–Crippen LogP) is 3.00. The quantitative estimate of drug-likeness (QED) is 0.694. The van der Waals surface area contributed by atoms with Gasteiger partial charge in [0, 0.05) is 0 Å². The molecule has 0 aliphatic carbocycles. The first-order valence-corrected chi connectivity index (χ1v) is 8.35. The molecule has 0 atom stereocenters. The van der Waals surface area contributed by atoms with Gasteiger partial charge < -0.3 is 9.84 Å². The zero-order valence-electron chi connectivity index (χ0n) is 12.8. The molecule has 0 bridgehead atoms. The van der Waals surface area contributed by atoms with Gasteiger partial charge in [-0.1, -0.05) is 11.3 Å². The molecule has 1 aromatic carbocycles. The molecule has 0 saturated carbocycles. The number of nitrogens with zero attached hydrogens (tertiary/aromatic N) is 5. The van der Waals surface area contributed by atoms with Gasteiger partial charge in [-0.15, -0.1) is 5.10 Å². The summed E-state index contributed by atoms with van der Waals surface area (Å²) in [7, 11) is 1.51. The van der Waals surface area contributed by atoms with E-state index in [4.69, 9.17) is 9.84 Å². The van der Waals surface area contributed by atoms with Crippen molar-refractivity contribution in [1.29, 1.82) is 0 Å². The highest BCUT2D eigenvalue weighted by atomic mass is 32.2. The van der Waals surface area contributed by atoms with Gasteiger partial charge in [0.25, 0.3) is 0 Å². The van der Waals surface area contributed by atoms with Crippen molar-refractivity contribution in [3.8, 4) is 11.4 Å². The summed E-state index contributed by atoms with van der Waals surface area (Å²) < 4.78 is 45.0. The number of carbonyl (C=O) groups is 1. The summed E-state index contributed by atoms with van der Waals surface area (Å²) in [5.74, 6) is -1.09. The van der Waals surface area contributed by atoms with Gasteiger partial charge in [-0.05, 0) is 46.5 Å². The van der Waals surface area contributed by atoms with Crippen LogP contribution in [0.1, 0.15) is 15.4 Å². The Hall–Kier alpha value is -2.67. The van der Waals surface area contributed by atoms with E-state index >= 15 is 0 Å². The summed E-state index contributed by atoms with van der Waals surface area (Å²) in [5, 5.41) is 20.1. The van der Waals surface area contributed by atoms with Gasteiger partial charge in [-0.2, -0.15) is 17.9 Å². The molecule has 0 aliphatic heterocycles. The molecule has 0 radical (unpaired) electrons. The van der Waals surface area contributed by atoms with Crippen LogP contribution in [-0.2, 0) is 6.18 Å². The van der Waals surface area contributed by atoms with Gasteiger partial charge in [0.2, 0.25) is 5.16 Å². The highest BCUT2D eigenvalue weighted by molar-refractivity contribution is 8.00. The first-order valence-electron chi connectivity index (χ1n) is 6.71. The molecule has 13 heteroatoms. The Balaban J connectivity index is 1.93. The van der Waals surface area contributed by atoms with E-state index in [2.05, 4.69) is 20.5 Å². The fourth-order valence-electron chi connectivity index (χ4n) is 1.89. The Morgan fingerprint density at radius 2 is 2.00 bits per heavy atom. The smallest absolute Gasteiger partial charge is 0.435 e. The molecule has 3 aromatic rings. The summed E-state index contributed by atoms with van der Waals surface area (Å²) in [6.07, 6.45) is -4.87. The molecule has 136 valence electrons. The molecule has 1 N–H and O–H groups in total. The van der Waals surface area contributed by atoms with Gasteiger partial charge in [0.1, 0.15) is 10.6 Å². The number of tetrazole rings is 1. The number of halogens is 3. The second-order valence-electron chi connectivity index (χ2n) is 4.63. The number of hydrogen-bond donors (Lipinski definition) is 1. The van der Waals surface area contributed by atoms with Crippen LogP contribution in [0.25, 0.3) is 5.69 Å². The third-order valence-corrected chi connectivity index (χ3v) is 5.05. The molecular formula is C13H8F3N5O3S2. The number of aromatic carboxylic acids is 1. The molecular weight excluding hydrogens is 395 g/mol. The summed E-state index contributed by atoms with van der Waals surface area (Å²) in [4.78, 5) is 13.5. The van der Waals surface area contributed by atoms with Crippen molar-refractivity contribution in [2.75, 3.05) is 7.11 Å². The number of aromatic nitrogens is 5. The van der Waals surface area contributed by atoms with Crippen LogP contribution < -0.4 is 4.74 Å². The lowest BCUT2D eigenvalue weighted by molar-refractivity contribution is -0.141. The zero-order valence-corrected chi connectivity index (χ0v) is 14.4. The Morgan fingerprint density at radius 3 is 2.54 bits per heavy atom. The second kappa shape index (κ2) is 6.92. The van der Waals surface area contributed by atoms with Gasteiger partial charge in [0.05, 0.1) is 12.8 Å². The largest absolute Gasteiger partial charge is 0.497 e. The zero-order chi connectivity index (χ0) is 18.9. The van der Waals surface area contributed by atoms with E-state index in [0.717, 1.165) is 11.8 Å². The SMILES string of the molecule is COc1ccc(-n2nnnc2Sc2nc(C(F)(F)F)c(C(=O)O)s2)cc1. The Bertz CT molecular complexity index is 939. The normalized spacial score (nSPS) is 11.5. The third-order valence-electron chi connectivity index (χ3n) is 3.01. The minimum Gasteiger partial charge on any atom is -0.497 e. The topological polar surface area (TPSA) is 103 Å². The lowest BCUT2D eigenvalue weighted by Crippen LogP contribution is -2.11. The highest BCUT2D eigenvalue weighted by Crippen LogP contribution is 2.39. The standard InChI is InChI=1S/C13H8F3N5O3S2/c1-24-7-4-2-6(3-5-7)21-11(18-19-20-21)26-12-17-9(13(14,15)16)8(25-12)10(22)23/h2-5H,1H3,(H,22,23). The molecule has 2 heterocycles. The van der Waals surface area contributed by atoms with Crippen molar-refractivity contribution < 1.29 is 27.8 Å². The van der Waals surface area contributed by atoms with Crippen LogP contribution in [-0.4, -0.2) is 43.4 Å². The lowest BCUT2D eigenvalue weighted by atomic mass is 10.3. The minimum absolute atomic E-state index is 0.134. The van der Waals surface area contributed by atoms with Crippen LogP contribution in [0, 0.1) is 0 Å². The van der Waals surface area contributed by atoms with E-state index < -0.39 is 22.7 Å². The predicted molar refractivity (Wildman–Crippen MR) is 83.9 cm³/mol. The fraction of sp³-hybridized carbons (Fsp3) is 0.154. The van der Waals surface area contributed by atoms with Crippen molar-refractivity contribution in [2.24, 2.45) is 0 Å². The third kappa shape index (κ3) is 3.62. The molecule has 3 rings (SSSR count). The first-order chi connectivity index (χ1) is 12.3. The molecule has 0 amide bonds. The summed E-state index contributed by atoms with van der Waals surface area (Å²) in [5.41, 5.74) is -0.898. The monoisotopic (exact) mass is 403 g/mol. The molecule has 0 fully saturated rings. The number of thiazole rings is 1. The van der Waals surface area contributed by atoms with Gasteiger partial charge >= 0.3 is 12.1 Å². The van der Waals surface area contributed by atoms with E-state index in [1.165, 1.54) is 11.8 Å². The maximum absolute atomic E-state index is 12.9. The molecule has 26 heavy (non-hydrogen) atoms. The van der Waals surface area contributed by atoms with Crippen LogP contribution in [0.3, 0.4) is 0 Å². The van der Waals surface area contributed by atoms with Crippen molar-refractivity contribution in [2.45, 2.75) is 15.7 Å². The minimum atomic E-state index is -4.87. The fourth-order valence-corrected chi connectivity index (χ4v) is 3.78. The van der Waals surface area contributed by atoms with Gasteiger partial charge in [-0.25, -0.2) is 9.78 Å². The van der Waals surface area contributed by atoms with E-state index in [1.54, 1.807) is 24.3 Å². The second-order valence-corrected chi connectivity index (χ2v) is 6.85. The Kier molecular flexibility index (Phi) is 4.82. The van der Waals surface area contributed by atoms with E-state index in [1.807, 2.05) is 0 Å². The van der Waals surface area contributed by atoms with E-state index in [-0.39, 0.29) is 9.50 Å². The van der Waals surface area contributed by atoms with Crippen LogP contribution in [0.2, 0.25) is 0 Å². The van der Waals surface area contributed by atoms with Gasteiger partial charge in [0.15, 0.2) is 10.0 Å². The van der Waals surface area contributed by atoms with E-state index in [9.17, 15) is 18.0 Å². The van der Waals surface area contributed by atoms with Crippen molar-refractivity contribution in [3.05, 3.63) is 34.8 Å². The molecule has 0 aliphatic rings. The molecule has 2 aromatic heterocycles. The lowest BCUT2D eigenvalue weighted by Gasteiger charge is -2.04. The van der Waals surface area contributed by atoms with Crippen LogP contribution in [0.5, 0.6) is 5.75 Å². The molecule has 8 nitrogen and oxygen atoms in total. The van der Waals surface area contributed by atoms with Crippen LogP contribution in [0.4, 0.5) is 13.2 Å². The Morgan fingerprint density at radius 1 is 1.31 bits per heavy atom. The van der Waals surface area contributed by atoms with Crippen molar-refractivity contribution in [3.63, 3.8) is 0 Å². The Labute approximate surface area is 151 Å². The first kappa shape index (κ1) is 18.1. The van der Waals surface area contributed by atoms with Crippen LogP contribution in [0.15, 0.2) is 33.8 Å². The molecule has 0 unspecified atom stereocenters. The number of ether oxygens (including phenoxy) is 1. The van der Waals surface area contributed by atoms with Crippen LogP contribution >= 0.6 is 23.1 Å². The number of rotatable bonds is 5. The maximum atomic E-state index is 12.9. The average Bonchev–Trinajstić information content (AvgIpc) is 3.22. The summed E-state index contributed by atoms with van der Waals surface area (Å²) in [6, 6.07) is 6.65. The number of methoxy groups -OCH3 is 1. The summed E-state index contributed by atoms with van der Waals surface area (Å²) >= 11 is 1.14. The molecule has 0 spiro atoms. The van der Waals surface area contributed by atoms with E-state index in [0.29, 0.717) is 22.8 Å². The number of carboxylic acid groups (broad SMARTS) is 1.